The Kier molecular flexibility index (Phi) is 7.13. The molecule has 35 heavy (non-hydrogen) atoms. The zero-order valence-electron chi connectivity index (χ0n) is 20.6. The standard InChI is InChI=1S/C26H31N5O3S/c1-5-17-16-35-22-21(17)29-24(31(23(22)32)14-19-10-7-6-9-18(19)13-27)30-12-8-11-20(15-30)28-25(33)34-26(2,3)4/h6-7,9-10,16,20H,5,8,11-12,14-15H2,1-4H3,(H,28,33). The van der Waals surface area contributed by atoms with Crippen LogP contribution in [0.4, 0.5) is 10.7 Å². The van der Waals surface area contributed by atoms with Gasteiger partial charge in [0, 0.05) is 19.1 Å². The lowest BCUT2D eigenvalue weighted by Crippen LogP contribution is -2.50. The first-order valence-electron chi connectivity index (χ1n) is 11.9. The fourth-order valence-electron chi connectivity index (χ4n) is 4.36. The molecule has 1 aliphatic heterocycles. The average molecular weight is 494 g/mol. The molecule has 9 heteroatoms. The molecule has 3 aromatic rings. The Morgan fingerprint density at radius 2 is 2.09 bits per heavy atom. The minimum absolute atomic E-state index is 0.107. The Labute approximate surface area is 209 Å². The van der Waals surface area contributed by atoms with Crippen molar-refractivity contribution < 1.29 is 9.53 Å². The second kappa shape index (κ2) is 10.1. The predicted molar refractivity (Wildman–Crippen MR) is 138 cm³/mol. The molecule has 0 spiro atoms. The van der Waals surface area contributed by atoms with E-state index in [1.165, 1.54) is 11.3 Å². The number of fused-ring (bicyclic) bond motifs is 1. The molecule has 0 aliphatic carbocycles. The van der Waals surface area contributed by atoms with Crippen molar-refractivity contribution in [1.29, 1.82) is 5.26 Å². The van der Waals surface area contributed by atoms with Crippen LogP contribution in [0.15, 0.2) is 34.4 Å². The molecule has 1 atom stereocenters. The number of thiophene rings is 1. The van der Waals surface area contributed by atoms with E-state index in [2.05, 4.69) is 23.2 Å². The Morgan fingerprint density at radius 1 is 1.31 bits per heavy atom. The summed E-state index contributed by atoms with van der Waals surface area (Å²) in [5.74, 6) is 0.569. The molecular formula is C26H31N5O3S. The first kappa shape index (κ1) is 24.7. The zero-order valence-corrected chi connectivity index (χ0v) is 21.4. The van der Waals surface area contributed by atoms with Gasteiger partial charge in [-0.3, -0.25) is 9.36 Å². The molecule has 1 aromatic carbocycles. The van der Waals surface area contributed by atoms with Gasteiger partial charge in [-0.05, 0) is 62.6 Å². The Balaban J connectivity index is 1.72. The number of anilines is 1. The molecule has 1 unspecified atom stereocenters. The van der Waals surface area contributed by atoms with E-state index in [0.29, 0.717) is 22.8 Å². The molecule has 0 bridgehead atoms. The van der Waals surface area contributed by atoms with Crippen LogP contribution in [0, 0.1) is 11.3 Å². The summed E-state index contributed by atoms with van der Waals surface area (Å²) >= 11 is 1.42. The SMILES string of the molecule is CCc1csc2c(=O)n(Cc3ccccc3C#N)c(N3CCCC(NC(=O)OC(C)(C)C)C3)nc12. The van der Waals surface area contributed by atoms with Gasteiger partial charge >= 0.3 is 6.09 Å². The van der Waals surface area contributed by atoms with Crippen molar-refractivity contribution in [2.75, 3.05) is 18.0 Å². The first-order chi connectivity index (χ1) is 16.7. The van der Waals surface area contributed by atoms with Crippen LogP contribution in [0.1, 0.15) is 57.2 Å². The lowest BCUT2D eigenvalue weighted by molar-refractivity contribution is 0.0499. The van der Waals surface area contributed by atoms with Gasteiger partial charge in [0.1, 0.15) is 10.3 Å². The third-order valence-corrected chi connectivity index (χ3v) is 7.01. The number of benzene rings is 1. The number of alkyl carbamates (subject to hydrolysis) is 1. The van der Waals surface area contributed by atoms with Gasteiger partial charge in [-0.15, -0.1) is 11.3 Å². The summed E-state index contributed by atoms with van der Waals surface area (Å²) in [4.78, 5) is 33.1. The number of ether oxygens (including phenoxy) is 1. The molecule has 4 rings (SSSR count). The van der Waals surface area contributed by atoms with E-state index < -0.39 is 11.7 Å². The minimum Gasteiger partial charge on any atom is -0.444 e. The highest BCUT2D eigenvalue weighted by Gasteiger charge is 2.28. The van der Waals surface area contributed by atoms with Gasteiger partial charge in [0.25, 0.3) is 5.56 Å². The van der Waals surface area contributed by atoms with Gasteiger partial charge in [-0.25, -0.2) is 9.78 Å². The second-order valence-corrected chi connectivity index (χ2v) is 10.7. The van der Waals surface area contributed by atoms with Crippen LogP contribution in [0.5, 0.6) is 0 Å². The Morgan fingerprint density at radius 3 is 2.80 bits per heavy atom. The number of carbonyl (C=O) groups is 1. The summed E-state index contributed by atoms with van der Waals surface area (Å²) < 4.78 is 7.73. The van der Waals surface area contributed by atoms with Crippen LogP contribution in [0.2, 0.25) is 0 Å². The minimum atomic E-state index is -0.574. The Bertz CT molecular complexity index is 1330. The molecule has 1 saturated heterocycles. The van der Waals surface area contributed by atoms with Gasteiger partial charge in [0.2, 0.25) is 5.95 Å². The normalized spacial score (nSPS) is 16.2. The van der Waals surface area contributed by atoms with Crippen molar-refractivity contribution in [3.8, 4) is 6.07 Å². The number of carbonyl (C=O) groups excluding carboxylic acids is 1. The largest absolute Gasteiger partial charge is 0.444 e. The van der Waals surface area contributed by atoms with Crippen LogP contribution in [0.25, 0.3) is 10.2 Å². The molecule has 3 heterocycles. The summed E-state index contributed by atoms with van der Waals surface area (Å²) in [6.07, 6.45) is 2.00. The van der Waals surface area contributed by atoms with Crippen LogP contribution < -0.4 is 15.8 Å². The van der Waals surface area contributed by atoms with Gasteiger partial charge < -0.3 is 15.0 Å². The van der Waals surface area contributed by atoms with E-state index >= 15 is 0 Å². The first-order valence-corrected chi connectivity index (χ1v) is 12.8. The fourth-order valence-corrected chi connectivity index (χ4v) is 5.40. The molecule has 0 saturated carbocycles. The number of nitrogens with zero attached hydrogens (tertiary/aromatic N) is 4. The predicted octanol–water partition coefficient (Wildman–Crippen LogP) is 4.43. The van der Waals surface area contributed by atoms with Crippen LogP contribution in [-0.2, 0) is 17.7 Å². The maximum atomic E-state index is 13.7. The molecule has 1 N–H and O–H groups in total. The highest BCUT2D eigenvalue weighted by molar-refractivity contribution is 7.17. The van der Waals surface area contributed by atoms with Crippen molar-refractivity contribution in [1.82, 2.24) is 14.9 Å². The highest BCUT2D eigenvalue weighted by Crippen LogP contribution is 2.27. The van der Waals surface area contributed by atoms with Crippen molar-refractivity contribution >= 4 is 33.6 Å². The monoisotopic (exact) mass is 493 g/mol. The second-order valence-electron chi connectivity index (χ2n) is 9.80. The number of hydrogen-bond donors (Lipinski definition) is 1. The third-order valence-electron chi connectivity index (χ3n) is 6.00. The summed E-state index contributed by atoms with van der Waals surface area (Å²) in [5, 5.41) is 14.5. The summed E-state index contributed by atoms with van der Waals surface area (Å²) in [5.41, 5.74) is 2.42. The number of nitrogens with one attached hydrogen (secondary N) is 1. The number of rotatable bonds is 5. The zero-order chi connectivity index (χ0) is 25.2. The maximum Gasteiger partial charge on any atom is 0.407 e. The molecule has 2 aromatic heterocycles. The Hall–Kier alpha value is -3.38. The van der Waals surface area contributed by atoms with Crippen LogP contribution in [0.3, 0.4) is 0 Å². The number of aromatic nitrogens is 2. The number of hydrogen-bond acceptors (Lipinski definition) is 7. The summed E-state index contributed by atoms with van der Waals surface area (Å²) in [6.45, 7) is 9.05. The maximum absolute atomic E-state index is 13.7. The molecular weight excluding hydrogens is 462 g/mol. The van der Waals surface area contributed by atoms with Gasteiger partial charge in [-0.2, -0.15) is 5.26 Å². The fraction of sp³-hybridized carbons (Fsp3) is 0.462. The van der Waals surface area contributed by atoms with E-state index in [1.54, 1.807) is 10.6 Å². The quantitative estimate of drug-likeness (QED) is 0.564. The van der Waals surface area contributed by atoms with E-state index in [4.69, 9.17) is 9.72 Å². The number of piperidine rings is 1. The molecule has 1 aliphatic rings. The summed E-state index contributed by atoms with van der Waals surface area (Å²) in [7, 11) is 0. The van der Waals surface area contributed by atoms with E-state index in [-0.39, 0.29) is 18.1 Å². The molecule has 1 fully saturated rings. The summed E-state index contributed by atoms with van der Waals surface area (Å²) in [6, 6.07) is 9.41. The van der Waals surface area contributed by atoms with Crippen molar-refractivity contribution in [3.63, 3.8) is 0 Å². The molecule has 184 valence electrons. The number of amides is 1. The number of nitriles is 1. The van der Waals surface area contributed by atoms with Gasteiger partial charge in [-0.1, -0.05) is 25.1 Å². The topological polar surface area (TPSA) is 100 Å². The highest BCUT2D eigenvalue weighted by atomic mass is 32.1. The van der Waals surface area contributed by atoms with E-state index in [1.807, 2.05) is 44.4 Å². The average Bonchev–Trinajstić information content (AvgIpc) is 3.23. The molecule has 1 amide bonds. The van der Waals surface area contributed by atoms with Crippen LogP contribution in [-0.4, -0.2) is 40.4 Å². The molecule has 8 nitrogen and oxygen atoms in total. The van der Waals surface area contributed by atoms with E-state index in [9.17, 15) is 14.9 Å². The van der Waals surface area contributed by atoms with Gasteiger partial charge in [0.15, 0.2) is 0 Å². The van der Waals surface area contributed by atoms with Crippen molar-refractivity contribution in [3.05, 3.63) is 56.7 Å². The lowest BCUT2D eigenvalue weighted by atomic mass is 10.1. The van der Waals surface area contributed by atoms with Crippen molar-refractivity contribution in [2.24, 2.45) is 0 Å². The third kappa shape index (κ3) is 5.49. The number of aryl methyl sites for hydroxylation is 1. The lowest BCUT2D eigenvalue weighted by Gasteiger charge is -2.35. The van der Waals surface area contributed by atoms with Crippen LogP contribution >= 0.6 is 11.3 Å². The van der Waals surface area contributed by atoms with Crippen molar-refractivity contribution in [2.45, 2.75) is 65.1 Å². The van der Waals surface area contributed by atoms with Gasteiger partial charge in [0.05, 0.1) is 23.7 Å². The smallest absolute Gasteiger partial charge is 0.407 e. The van der Waals surface area contributed by atoms with E-state index in [0.717, 1.165) is 42.5 Å². The molecule has 0 radical (unpaired) electrons.